The Bertz CT molecular complexity index is 2480. The van der Waals surface area contributed by atoms with Crippen LogP contribution in [0.4, 0.5) is 17.1 Å². The van der Waals surface area contributed by atoms with Crippen LogP contribution in [0, 0.1) is 0 Å². The second-order valence-corrected chi connectivity index (χ2v) is 12.3. The van der Waals surface area contributed by atoms with E-state index in [9.17, 15) is 0 Å². The first-order valence-corrected chi connectivity index (χ1v) is 15.9. The van der Waals surface area contributed by atoms with E-state index in [0.717, 1.165) is 55.6 Å². The van der Waals surface area contributed by atoms with Gasteiger partial charge in [-0.1, -0.05) is 91.0 Å². The van der Waals surface area contributed by atoms with Crippen LogP contribution in [-0.2, 0) is 0 Å². The summed E-state index contributed by atoms with van der Waals surface area (Å²) >= 11 is 1.85. The van der Waals surface area contributed by atoms with Crippen molar-refractivity contribution in [2.75, 3.05) is 4.90 Å². The predicted octanol–water partition coefficient (Wildman–Crippen LogP) is 12.2. The van der Waals surface area contributed by atoms with Gasteiger partial charge in [0.15, 0.2) is 5.58 Å². The first-order valence-electron chi connectivity index (χ1n) is 15.0. The lowest BCUT2D eigenvalue weighted by Gasteiger charge is -2.25. The Morgan fingerprint density at radius 2 is 1.13 bits per heavy atom. The molecule has 0 atom stereocenters. The summed E-state index contributed by atoms with van der Waals surface area (Å²) in [6, 6.07) is 55.7. The van der Waals surface area contributed by atoms with Gasteiger partial charge in [0.25, 0.3) is 0 Å². The fourth-order valence-corrected chi connectivity index (χ4v) is 7.41. The number of hydrogen-bond acceptors (Lipinski definition) is 4. The molecule has 0 spiro atoms. The molecule has 7 aromatic carbocycles. The number of anilines is 3. The molecule has 9 rings (SSSR count). The van der Waals surface area contributed by atoms with Gasteiger partial charge in [0.05, 0.1) is 0 Å². The molecule has 3 nitrogen and oxygen atoms in total. The van der Waals surface area contributed by atoms with E-state index in [-0.39, 0.29) is 0 Å². The van der Waals surface area contributed by atoms with Gasteiger partial charge in [0.1, 0.15) is 5.52 Å². The van der Waals surface area contributed by atoms with Crippen LogP contribution < -0.4 is 4.90 Å². The first-order chi connectivity index (χ1) is 22.3. The first kappa shape index (κ1) is 25.8. The van der Waals surface area contributed by atoms with Gasteiger partial charge in [-0.3, -0.25) is 0 Å². The molecule has 9 aromatic rings. The van der Waals surface area contributed by atoms with Crippen molar-refractivity contribution in [3.63, 3.8) is 0 Å². The van der Waals surface area contributed by atoms with Crippen molar-refractivity contribution < 1.29 is 4.42 Å². The number of nitrogens with zero attached hydrogens (tertiary/aromatic N) is 2. The zero-order valence-electron chi connectivity index (χ0n) is 24.2. The van der Waals surface area contributed by atoms with Crippen molar-refractivity contribution in [3.05, 3.63) is 158 Å². The van der Waals surface area contributed by atoms with Crippen LogP contribution in [-0.4, -0.2) is 4.98 Å². The lowest BCUT2D eigenvalue weighted by atomic mass is 10.00. The minimum Gasteiger partial charge on any atom is -0.436 e. The minimum absolute atomic E-state index is 0.641. The van der Waals surface area contributed by atoms with Crippen molar-refractivity contribution >= 4 is 70.4 Å². The molecule has 0 saturated carbocycles. The third kappa shape index (κ3) is 4.46. The van der Waals surface area contributed by atoms with E-state index < -0.39 is 0 Å². The highest BCUT2D eigenvalue weighted by atomic mass is 32.1. The van der Waals surface area contributed by atoms with Gasteiger partial charge in [-0.15, -0.1) is 11.3 Å². The quantitative estimate of drug-likeness (QED) is 0.198. The number of para-hydroxylation sites is 1. The fourth-order valence-electron chi connectivity index (χ4n) is 6.27. The number of fused-ring (bicyclic) bond motifs is 6. The molecular weight excluding hydrogens is 569 g/mol. The highest BCUT2D eigenvalue weighted by Crippen LogP contribution is 2.41. The Morgan fingerprint density at radius 3 is 1.98 bits per heavy atom. The predicted molar refractivity (Wildman–Crippen MR) is 190 cm³/mol. The maximum atomic E-state index is 6.16. The SMILES string of the molecule is c1ccc(-c2nc3c(ccc4ccc(-c5ccc(N(c6ccccc6)c6ccc7c(c6)sc6ccccc67)cc5)cc43)o2)cc1. The largest absolute Gasteiger partial charge is 0.436 e. The van der Waals surface area contributed by atoms with Gasteiger partial charge in [-0.05, 0) is 83.2 Å². The van der Waals surface area contributed by atoms with Crippen LogP contribution in [0.5, 0.6) is 0 Å². The summed E-state index contributed by atoms with van der Waals surface area (Å²) in [6.07, 6.45) is 0. The zero-order chi connectivity index (χ0) is 29.7. The van der Waals surface area contributed by atoms with Crippen LogP contribution in [0.2, 0.25) is 0 Å². The van der Waals surface area contributed by atoms with Crippen molar-refractivity contribution in [2.45, 2.75) is 0 Å². The molecule has 4 heteroatoms. The Morgan fingerprint density at radius 1 is 0.467 bits per heavy atom. The number of oxazole rings is 1. The molecule has 0 amide bonds. The molecular formula is C41H26N2OS. The molecule has 2 heterocycles. The highest BCUT2D eigenvalue weighted by molar-refractivity contribution is 7.25. The summed E-state index contributed by atoms with van der Waals surface area (Å²) in [5.74, 6) is 0.641. The number of hydrogen-bond donors (Lipinski definition) is 0. The van der Waals surface area contributed by atoms with E-state index in [1.807, 2.05) is 47.7 Å². The molecule has 0 saturated heterocycles. The maximum absolute atomic E-state index is 6.16. The number of thiophene rings is 1. The summed E-state index contributed by atoms with van der Waals surface area (Å²) in [7, 11) is 0. The van der Waals surface area contributed by atoms with E-state index in [1.54, 1.807) is 0 Å². The highest BCUT2D eigenvalue weighted by Gasteiger charge is 2.16. The molecule has 0 unspecified atom stereocenters. The van der Waals surface area contributed by atoms with Gasteiger partial charge < -0.3 is 9.32 Å². The summed E-state index contributed by atoms with van der Waals surface area (Å²) in [5, 5.41) is 4.84. The average molecular weight is 595 g/mol. The van der Waals surface area contributed by atoms with Gasteiger partial charge >= 0.3 is 0 Å². The smallest absolute Gasteiger partial charge is 0.227 e. The third-order valence-electron chi connectivity index (χ3n) is 8.49. The van der Waals surface area contributed by atoms with Gasteiger partial charge in [-0.2, -0.15) is 0 Å². The summed E-state index contributed by atoms with van der Waals surface area (Å²) in [6.45, 7) is 0. The molecule has 212 valence electrons. The van der Waals surface area contributed by atoms with Crippen LogP contribution in [0.15, 0.2) is 162 Å². The average Bonchev–Trinajstić information content (AvgIpc) is 3.71. The molecule has 2 aromatic heterocycles. The van der Waals surface area contributed by atoms with Crippen molar-refractivity contribution in [3.8, 4) is 22.6 Å². The van der Waals surface area contributed by atoms with E-state index in [4.69, 9.17) is 9.40 Å². The van der Waals surface area contributed by atoms with E-state index in [0.29, 0.717) is 5.89 Å². The Balaban J connectivity index is 1.11. The van der Waals surface area contributed by atoms with Crippen LogP contribution in [0.25, 0.3) is 64.6 Å². The molecule has 0 radical (unpaired) electrons. The topological polar surface area (TPSA) is 29.3 Å². The Kier molecular flexibility index (Phi) is 6.00. The van der Waals surface area contributed by atoms with E-state index in [2.05, 4.69) is 126 Å². The van der Waals surface area contributed by atoms with Gasteiger partial charge in [0.2, 0.25) is 5.89 Å². The molecule has 0 aliphatic heterocycles. The lowest BCUT2D eigenvalue weighted by molar-refractivity contribution is 0.620. The van der Waals surface area contributed by atoms with Crippen LogP contribution in [0.1, 0.15) is 0 Å². The second kappa shape index (κ2) is 10.5. The number of rotatable bonds is 5. The monoisotopic (exact) mass is 594 g/mol. The Hall–Kier alpha value is -5.71. The van der Waals surface area contributed by atoms with Crippen molar-refractivity contribution in [1.82, 2.24) is 4.98 Å². The number of benzene rings is 7. The third-order valence-corrected chi connectivity index (χ3v) is 9.62. The lowest BCUT2D eigenvalue weighted by Crippen LogP contribution is -2.09. The summed E-state index contributed by atoms with van der Waals surface area (Å²) in [4.78, 5) is 7.24. The second-order valence-electron chi connectivity index (χ2n) is 11.2. The van der Waals surface area contributed by atoms with E-state index in [1.165, 1.54) is 20.2 Å². The molecule has 0 fully saturated rings. The minimum atomic E-state index is 0.641. The van der Waals surface area contributed by atoms with Gasteiger partial charge in [0, 0.05) is 48.2 Å². The Labute approximate surface area is 264 Å². The number of aromatic nitrogens is 1. The van der Waals surface area contributed by atoms with Gasteiger partial charge in [-0.25, -0.2) is 4.98 Å². The van der Waals surface area contributed by atoms with Crippen molar-refractivity contribution in [1.29, 1.82) is 0 Å². The molecule has 0 bridgehead atoms. The molecule has 0 aliphatic carbocycles. The van der Waals surface area contributed by atoms with Crippen LogP contribution >= 0.6 is 11.3 Å². The summed E-state index contributed by atoms with van der Waals surface area (Å²) < 4.78 is 8.77. The van der Waals surface area contributed by atoms with Crippen molar-refractivity contribution in [2.24, 2.45) is 0 Å². The molecule has 0 aliphatic rings. The summed E-state index contributed by atoms with van der Waals surface area (Å²) in [5.41, 5.74) is 8.32. The maximum Gasteiger partial charge on any atom is 0.227 e. The molecule has 45 heavy (non-hydrogen) atoms. The molecule has 0 N–H and O–H groups in total. The van der Waals surface area contributed by atoms with E-state index >= 15 is 0 Å². The normalized spacial score (nSPS) is 11.6. The fraction of sp³-hybridized carbons (Fsp3) is 0. The standard InChI is InChI=1S/C41H26N2OS/c1-3-9-29(10-4-1)41-42-40-36-25-30(16-15-28(36)19-24-37(40)44-41)27-17-20-32(21-18-27)43(31-11-5-2-6-12-31)33-22-23-35-34-13-7-8-14-38(34)45-39(35)26-33/h1-26H. The zero-order valence-corrected chi connectivity index (χ0v) is 25.0. The van der Waals surface area contributed by atoms with Crippen LogP contribution in [0.3, 0.4) is 0 Å².